The van der Waals surface area contributed by atoms with Crippen molar-refractivity contribution in [3.63, 3.8) is 0 Å². The maximum atomic E-state index is 11.6. The van der Waals surface area contributed by atoms with Crippen molar-refractivity contribution in [2.75, 3.05) is 0 Å². The van der Waals surface area contributed by atoms with E-state index in [0.29, 0.717) is 0 Å². The molecular formula is C22H24O. The van der Waals surface area contributed by atoms with Crippen LogP contribution in [0.15, 0.2) is 54.6 Å². The Kier molecular flexibility index (Phi) is 3.24. The number of rotatable bonds is 3. The third kappa shape index (κ3) is 1.83. The molecule has 2 aromatic carbocycles. The molecular weight excluding hydrogens is 280 g/mol. The fraction of sp³-hybridized carbons (Fsp3) is 0.364. The Morgan fingerprint density at radius 3 is 2.35 bits per heavy atom. The third-order valence-corrected chi connectivity index (χ3v) is 6.03. The van der Waals surface area contributed by atoms with Crippen molar-refractivity contribution < 1.29 is 5.11 Å². The predicted molar refractivity (Wildman–Crippen MR) is 96.1 cm³/mol. The van der Waals surface area contributed by atoms with E-state index in [4.69, 9.17) is 0 Å². The fourth-order valence-electron chi connectivity index (χ4n) is 4.62. The van der Waals surface area contributed by atoms with Gasteiger partial charge in [-0.15, -0.1) is 0 Å². The number of aliphatic hydroxyl groups is 1. The summed E-state index contributed by atoms with van der Waals surface area (Å²) in [6.07, 6.45) is 4.03. The maximum Gasteiger partial charge on any atom is 0.0999 e. The van der Waals surface area contributed by atoms with Gasteiger partial charge in [-0.25, -0.2) is 0 Å². The molecule has 4 rings (SSSR count). The topological polar surface area (TPSA) is 20.2 Å². The van der Waals surface area contributed by atoms with E-state index in [9.17, 15) is 5.11 Å². The molecule has 1 nitrogen and oxygen atoms in total. The molecule has 0 saturated heterocycles. The maximum absolute atomic E-state index is 11.6. The standard InChI is InChI=1S/C22H24O/c1-3-9-17(16-10-5-4-6-11-16)20-18-12-7-8-13-19(18)21(2)14-15-22(20,21)23/h4-8,10-13,23H,3,9,14-15H2,1-2H3/b20-17-/t21-,22-/m1/s1. The monoisotopic (exact) mass is 304 g/mol. The van der Waals surface area contributed by atoms with E-state index in [0.717, 1.165) is 25.7 Å². The second kappa shape index (κ2) is 5.07. The van der Waals surface area contributed by atoms with Gasteiger partial charge in [0.25, 0.3) is 0 Å². The molecule has 0 aromatic heterocycles. The van der Waals surface area contributed by atoms with Crippen molar-refractivity contribution in [1.29, 1.82) is 0 Å². The third-order valence-electron chi connectivity index (χ3n) is 6.03. The number of hydrogen-bond acceptors (Lipinski definition) is 1. The van der Waals surface area contributed by atoms with Gasteiger partial charge in [-0.2, -0.15) is 0 Å². The molecule has 0 bridgehead atoms. The molecule has 23 heavy (non-hydrogen) atoms. The lowest BCUT2D eigenvalue weighted by molar-refractivity contribution is -0.0517. The van der Waals surface area contributed by atoms with Gasteiger partial charge in [-0.05, 0) is 47.1 Å². The van der Waals surface area contributed by atoms with Gasteiger partial charge in [0.2, 0.25) is 0 Å². The molecule has 2 aromatic rings. The molecule has 2 aliphatic rings. The van der Waals surface area contributed by atoms with Crippen molar-refractivity contribution in [3.8, 4) is 0 Å². The molecule has 1 saturated carbocycles. The Morgan fingerprint density at radius 1 is 1.00 bits per heavy atom. The van der Waals surface area contributed by atoms with Gasteiger partial charge in [0.1, 0.15) is 0 Å². The van der Waals surface area contributed by atoms with Gasteiger partial charge in [0.05, 0.1) is 5.60 Å². The number of allylic oxidation sites excluding steroid dienone is 1. The summed E-state index contributed by atoms with van der Waals surface area (Å²) in [7, 11) is 0. The molecule has 0 aliphatic heterocycles. The largest absolute Gasteiger partial charge is 0.384 e. The molecule has 118 valence electrons. The SMILES string of the molecule is CCC/C(=C1\c2ccccc2[C@@]2(C)CC[C@@]12O)c1ccccc1. The number of benzene rings is 2. The first-order chi connectivity index (χ1) is 11.1. The van der Waals surface area contributed by atoms with E-state index >= 15 is 0 Å². The van der Waals surface area contributed by atoms with Gasteiger partial charge in [0.15, 0.2) is 0 Å². The van der Waals surface area contributed by atoms with Gasteiger partial charge in [-0.3, -0.25) is 0 Å². The van der Waals surface area contributed by atoms with E-state index in [2.05, 4.69) is 68.4 Å². The van der Waals surface area contributed by atoms with Crippen molar-refractivity contribution in [2.24, 2.45) is 0 Å². The Balaban J connectivity index is 2.02. The minimum Gasteiger partial charge on any atom is -0.384 e. The van der Waals surface area contributed by atoms with Gasteiger partial charge >= 0.3 is 0 Å². The van der Waals surface area contributed by atoms with Crippen LogP contribution in [-0.2, 0) is 5.41 Å². The van der Waals surface area contributed by atoms with Crippen LogP contribution in [0, 0.1) is 0 Å². The van der Waals surface area contributed by atoms with Crippen LogP contribution in [0.25, 0.3) is 11.1 Å². The van der Waals surface area contributed by atoms with Gasteiger partial charge < -0.3 is 5.11 Å². The summed E-state index contributed by atoms with van der Waals surface area (Å²) in [5.74, 6) is 0. The lowest BCUT2D eigenvalue weighted by Crippen LogP contribution is -2.55. The van der Waals surface area contributed by atoms with Gasteiger partial charge in [-0.1, -0.05) is 74.9 Å². The summed E-state index contributed by atoms with van der Waals surface area (Å²) in [6.45, 7) is 4.45. The minimum absolute atomic E-state index is 0.118. The highest BCUT2D eigenvalue weighted by atomic mass is 16.3. The zero-order chi connectivity index (χ0) is 16.1. The lowest BCUT2D eigenvalue weighted by Gasteiger charge is -2.51. The summed E-state index contributed by atoms with van der Waals surface area (Å²) in [6, 6.07) is 19.2. The van der Waals surface area contributed by atoms with E-state index in [1.807, 2.05) is 0 Å². The van der Waals surface area contributed by atoms with E-state index in [-0.39, 0.29) is 5.41 Å². The normalized spacial score (nSPS) is 30.4. The molecule has 0 spiro atoms. The molecule has 2 atom stereocenters. The van der Waals surface area contributed by atoms with Crippen LogP contribution in [0.3, 0.4) is 0 Å². The van der Waals surface area contributed by atoms with E-state index in [1.165, 1.54) is 27.8 Å². The second-order valence-electron chi connectivity index (χ2n) is 7.21. The molecule has 1 heteroatoms. The fourth-order valence-corrected chi connectivity index (χ4v) is 4.62. The van der Waals surface area contributed by atoms with Crippen LogP contribution in [0.4, 0.5) is 0 Å². The van der Waals surface area contributed by atoms with Crippen LogP contribution in [0.2, 0.25) is 0 Å². The highest BCUT2D eigenvalue weighted by Crippen LogP contribution is 2.65. The summed E-state index contributed by atoms with van der Waals surface area (Å²) < 4.78 is 0. The lowest BCUT2D eigenvalue weighted by atomic mass is 9.56. The van der Waals surface area contributed by atoms with Crippen LogP contribution < -0.4 is 0 Å². The van der Waals surface area contributed by atoms with Crippen LogP contribution in [0.1, 0.15) is 56.2 Å². The Morgan fingerprint density at radius 2 is 1.70 bits per heavy atom. The van der Waals surface area contributed by atoms with Crippen molar-refractivity contribution in [1.82, 2.24) is 0 Å². The summed E-state index contributed by atoms with van der Waals surface area (Å²) in [4.78, 5) is 0. The van der Waals surface area contributed by atoms with Crippen LogP contribution in [0.5, 0.6) is 0 Å². The highest BCUT2D eigenvalue weighted by Gasteiger charge is 2.63. The minimum atomic E-state index is -0.697. The second-order valence-corrected chi connectivity index (χ2v) is 7.21. The molecule has 1 N–H and O–H groups in total. The summed E-state index contributed by atoms with van der Waals surface area (Å²) in [5, 5.41) is 11.6. The van der Waals surface area contributed by atoms with Crippen LogP contribution >= 0.6 is 0 Å². The first-order valence-corrected chi connectivity index (χ1v) is 8.73. The van der Waals surface area contributed by atoms with Crippen molar-refractivity contribution in [2.45, 2.75) is 50.5 Å². The Hall–Kier alpha value is -1.86. The number of hydrogen-bond donors (Lipinski definition) is 1. The average Bonchev–Trinajstić information content (AvgIpc) is 2.72. The molecule has 0 heterocycles. The first-order valence-electron chi connectivity index (χ1n) is 8.73. The molecule has 0 amide bonds. The summed E-state index contributed by atoms with van der Waals surface area (Å²) >= 11 is 0. The van der Waals surface area contributed by atoms with Crippen molar-refractivity contribution in [3.05, 3.63) is 71.3 Å². The van der Waals surface area contributed by atoms with Crippen LogP contribution in [-0.4, -0.2) is 10.7 Å². The van der Waals surface area contributed by atoms with Crippen molar-refractivity contribution >= 4 is 11.1 Å². The number of fused-ring (bicyclic) bond motifs is 3. The van der Waals surface area contributed by atoms with E-state index in [1.54, 1.807) is 0 Å². The van der Waals surface area contributed by atoms with Gasteiger partial charge in [0, 0.05) is 5.41 Å². The Bertz CT molecular complexity index is 774. The average molecular weight is 304 g/mol. The smallest absolute Gasteiger partial charge is 0.0999 e. The molecule has 0 unspecified atom stereocenters. The highest BCUT2D eigenvalue weighted by molar-refractivity contribution is 6.00. The predicted octanol–water partition coefficient (Wildman–Crippen LogP) is 5.19. The zero-order valence-corrected chi connectivity index (χ0v) is 14.0. The molecule has 1 fully saturated rings. The van der Waals surface area contributed by atoms with E-state index < -0.39 is 5.60 Å². The first kappa shape index (κ1) is 14.7. The summed E-state index contributed by atoms with van der Waals surface area (Å²) in [5.41, 5.74) is 5.55. The molecule has 0 radical (unpaired) electrons. The molecule has 2 aliphatic carbocycles. The zero-order valence-electron chi connectivity index (χ0n) is 14.0. The quantitative estimate of drug-likeness (QED) is 0.827. The Labute approximate surface area is 138 Å².